The Bertz CT molecular complexity index is 630. The van der Waals surface area contributed by atoms with Gasteiger partial charge in [-0.05, 0) is 30.9 Å². The minimum atomic E-state index is -0.242. The van der Waals surface area contributed by atoms with Gasteiger partial charge in [-0.1, -0.05) is 18.2 Å². The number of carbonyl (C=O) groups is 1. The number of furan rings is 1. The summed E-state index contributed by atoms with van der Waals surface area (Å²) in [5.74, 6) is 1.06. The number of benzene rings is 1. The van der Waals surface area contributed by atoms with Crippen molar-refractivity contribution in [1.82, 2.24) is 4.90 Å². The quantitative estimate of drug-likeness (QED) is 0.865. The topological polar surface area (TPSA) is 53.7 Å². The summed E-state index contributed by atoms with van der Waals surface area (Å²) in [4.78, 5) is 14.3. The summed E-state index contributed by atoms with van der Waals surface area (Å²) < 4.78 is 5.64. The predicted octanol–water partition coefficient (Wildman–Crippen LogP) is 2.28. The monoisotopic (exact) mass is 271 g/mol. The average Bonchev–Trinajstić information content (AvgIpc) is 3.13. The Labute approximate surface area is 117 Å². The van der Waals surface area contributed by atoms with Crippen LogP contribution in [-0.2, 0) is 0 Å². The fourth-order valence-electron chi connectivity index (χ4n) is 3.65. The highest BCUT2D eigenvalue weighted by atomic mass is 16.3. The molecule has 0 bridgehead atoms. The SMILES string of the molecule is O=C(c1cc2ccccc2o1)N1CC2CCC(O)C2C1. The summed E-state index contributed by atoms with van der Waals surface area (Å²) in [6, 6.07) is 9.45. The Morgan fingerprint density at radius 1 is 1.25 bits per heavy atom. The van der Waals surface area contributed by atoms with Crippen molar-refractivity contribution in [2.45, 2.75) is 18.9 Å². The first-order valence-electron chi connectivity index (χ1n) is 7.18. The summed E-state index contributed by atoms with van der Waals surface area (Å²) in [6.45, 7) is 1.40. The van der Waals surface area contributed by atoms with Crippen molar-refractivity contribution >= 4 is 16.9 Å². The molecule has 4 nitrogen and oxygen atoms in total. The van der Waals surface area contributed by atoms with Gasteiger partial charge < -0.3 is 14.4 Å². The van der Waals surface area contributed by atoms with Gasteiger partial charge in [0.1, 0.15) is 5.58 Å². The Balaban J connectivity index is 1.58. The van der Waals surface area contributed by atoms with E-state index in [1.54, 1.807) is 0 Å². The lowest BCUT2D eigenvalue weighted by Gasteiger charge is -2.16. The molecule has 2 fully saturated rings. The molecule has 4 rings (SSSR count). The number of aliphatic hydroxyl groups is 1. The van der Waals surface area contributed by atoms with Gasteiger partial charge in [-0.25, -0.2) is 0 Å². The van der Waals surface area contributed by atoms with Gasteiger partial charge in [0.2, 0.25) is 0 Å². The summed E-state index contributed by atoms with van der Waals surface area (Å²) >= 11 is 0. The number of aliphatic hydroxyl groups excluding tert-OH is 1. The Morgan fingerprint density at radius 3 is 2.90 bits per heavy atom. The van der Waals surface area contributed by atoms with Gasteiger partial charge in [-0.3, -0.25) is 4.79 Å². The average molecular weight is 271 g/mol. The molecular formula is C16H17NO3. The maximum Gasteiger partial charge on any atom is 0.289 e. The fourth-order valence-corrected chi connectivity index (χ4v) is 3.65. The fraction of sp³-hybridized carbons (Fsp3) is 0.438. The Morgan fingerprint density at radius 2 is 2.10 bits per heavy atom. The van der Waals surface area contributed by atoms with Crippen LogP contribution in [0.4, 0.5) is 0 Å². The van der Waals surface area contributed by atoms with E-state index < -0.39 is 0 Å². The van der Waals surface area contributed by atoms with Gasteiger partial charge in [0, 0.05) is 24.4 Å². The molecule has 0 radical (unpaired) electrons. The van der Waals surface area contributed by atoms with Crippen molar-refractivity contribution in [2.24, 2.45) is 11.8 Å². The molecule has 0 spiro atoms. The van der Waals surface area contributed by atoms with Gasteiger partial charge in [-0.15, -0.1) is 0 Å². The van der Waals surface area contributed by atoms with E-state index in [0.29, 0.717) is 18.2 Å². The highest BCUT2D eigenvalue weighted by Crippen LogP contribution is 2.38. The molecule has 1 saturated heterocycles. The summed E-state index contributed by atoms with van der Waals surface area (Å²) in [5.41, 5.74) is 0.746. The summed E-state index contributed by atoms with van der Waals surface area (Å²) in [6.07, 6.45) is 1.66. The Kier molecular flexibility index (Phi) is 2.60. The highest BCUT2D eigenvalue weighted by molar-refractivity contribution is 5.96. The van der Waals surface area contributed by atoms with E-state index in [9.17, 15) is 9.90 Å². The van der Waals surface area contributed by atoms with Crippen LogP contribution < -0.4 is 0 Å². The van der Waals surface area contributed by atoms with Crippen LogP contribution >= 0.6 is 0 Å². The molecule has 1 N–H and O–H groups in total. The van der Waals surface area contributed by atoms with E-state index in [-0.39, 0.29) is 17.9 Å². The van der Waals surface area contributed by atoms with E-state index in [2.05, 4.69) is 0 Å². The summed E-state index contributed by atoms with van der Waals surface area (Å²) in [5, 5.41) is 10.9. The van der Waals surface area contributed by atoms with E-state index in [1.165, 1.54) is 0 Å². The zero-order chi connectivity index (χ0) is 13.7. The Hall–Kier alpha value is -1.81. The largest absolute Gasteiger partial charge is 0.451 e. The second kappa shape index (κ2) is 4.35. The standard InChI is InChI=1S/C16H17NO3/c18-13-6-5-11-8-17(9-12(11)13)16(19)15-7-10-3-1-2-4-14(10)20-15/h1-4,7,11-13,18H,5-6,8-9H2. The van der Waals surface area contributed by atoms with Crippen molar-refractivity contribution < 1.29 is 14.3 Å². The van der Waals surface area contributed by atoms with Crippen LogP contribution in [0, 0.1) is 11.8 Å². The van der Waals surface area contributed by atoms with Crippen molar-refractivity contribution in [2.75, 3.05) is 13.1 Å². The van der Waals surface area contributed by atoms with Crippen LogP contribution in [0.25, 0.3) is 11.0 Å². The highest BCUT2D eigenvalue weighted by Gasteiger charge is 2.43. The van der Waals surface area contributed by atoms with Crippen molar-refractivity contribution in [3.63, 3.8) is 0 Å². The third-order valence-electron chi connectivity index (χ3n) is 4.74. The van der Waals surface area contributed by atoms with Crippen LogP contribution in [0.15, 0.2) is 34.7 Å². The molecule has 104 valence electrons. The van der Waals surface area contributed by atoms with E-state index in [4.69, 9.17) is 4.42 Å². The number of hydrogen-bond acceptors (Lipinski definition) is 3. The number of fused-ring (bicyclic) bond motifs is 2. The smallest absolute Gasteiger partial charge is 0.289 e. The van der Waals surface area contributed by atoms with Crippen molar-refractivity contribution in [1.29, 1.82) is 0 Å². The van der Waals surface area contributed by atoms with E-state index in [0.717, 1.165) is 30.4 Å². The molecule has 1 saturated carbocycles. The van der Waals surface area contributed by atoms with Crippen LogP contribution in [0.3, 0.4) is 0 Å². The predicted molar refractivity (Wildman–Crippen MR) is 74.3 cm³/mol. The molecule has 1 amide bonds. The molecular weight excluding hydrogens is 254 g/mol. The number of likely N-dealkylation sites (tertiary alicyclic amines) is 1. The molecule has 20 heavy (non-hydrogen) atoms. The molecule has 1 aromatic carbocycles. The van der Waals surface area contributed by atoms with Gasteiger partial charge in [0.15, 0.2) is 5.76 Å². The number of hydrogen-bond donors (Lipinski definition) is 1. The third-order valence-corrected chi connectivity index (χ3v) is 4.74. The molecule has 1 aliphatic heterocycles. The minimum Gasteiger partial charge on any atom is -0.451 e. The van der Waals surface area contributed by atoms with E-state index in [1.807, 2.05) is 35.2 Å². The lowest BCUT2D eigenvalue weighted by atomic mass is 10.00. The molecule has 3 atom stereocenters. The van der Waals surface area contributed by atoms with Crippen LogP contribution in [0.2, 0.25) is 0 Å². The molecule has 2 aromatic rings. The maximum atomic E-state index is 12.5. The number of para-hydroxylation sites is 1. The lowest BCUT2D eigenvalue weighted by Crippen LogP contribution is -2.30. The number of nitrogens with zero attached hydrogens (tertiary/aromatic N) is 1. The minimum absolute atomic E-state index is 0.0530. The van der Waals surface area contributed by atoms with Gasteiger partial charge >= 0.3 is 0 Å². The number of carbonyl (C=O) groups excluding carboxylic acids is 1. The first kappa shape index (κ1) is 12.0. The lowest BCUT2D eigenvalue weighted by molar-refractivity contribution is 0.0724. The van der Waals surface area contributed by atoms with Crippen LogP contribution in [0.1, 0.15) is 23.4 Å². The number of rotatable bonds is 1. The molecule has 4 heteroatoms. The van der Waals surface area contributed by atoms with Gasteiger partial charge in [-0.2, -0.15) is 0 Å². The van der Waals surface area contributed by atoms with Crippen LogP contribution in [-0.4, -0.2) is 35.1 Å². The zero-order valence-corrected chi connectivity index (χ0v) is 11.2. The van der Waals surface area contributed by atoms with Crippen molar-refractivity contribution in [3.05, 3.63) is 36.1 Å². The first-order valence-corrected chi connectivity index (χ1v) is 7.18. The number of amides is 1. The van der Waals surface area contributed by atoms with E-state index >= 15 is 0 Å². The van der Waals surface area contributed by atoms with Crippen LogP contribution in [0.5, 0.6) is 0 Å². The zero-order valence-electron chi connectivity index (χ0n) is 11.2. The maximum absolute atomic E-state index is 12.5. The molecule has 1 aliphatic carbocycles. The second-order valence-corrected chi connectivity index (χ2v) is 5.93. The molecule has 2 aliphatic rings. The third kappa shape index (κ3) is 1.75. The van der Waals surface area contributed by atoms with Gasteiger partial charge in [0.25, 0.3) is 5.91 Å². The van der Waals surface area contributed by atoms with Gasteiger partial charge in [0.05, 0.1) is 6.10 Å². The van der Waals surface area contributed by atoms with Crippen molar-refractivity contribution in [3.8, 4) is 0 Å². The first-order chi connectivity index (χ1) is 9.72. The molecule has 2 heterocycles. The molecule has 3 unspecified atom stereocenters. The normalized spacial score (nSPS) is 29.1. The summed E-state index contributed by atoms with van der Waals surface area (Å²) in [7, 11) is 0. The molecule has 1 aromatic heterocycles. The second-order valence-electron chi connectivity index (χ2n) is 5.93.